The maximum absolute atomic E-state index is 5.61. The van der Waals surface area contributed by atoms with Gasteiger partial charge in [-0.25, -0.2) is 0 Å². The second-order valence-corrected chi connectivity index (χ2v) is 2.17. The van der Waals surface area contributed by atoms with Gasteiger partial charge >= 0.3 is 30.0 Å². The summed E-state index contributed by atoms with van der Waals surface area (Å²) in [4.78, 5) is 0. The predicted molar refractivity (Wildman–Crippen MR) is 44.0 cm³/mol. The van der Waals surface area contributed by atoms with Crippen molar-refractivity contribution in [3.05, 3.63) is 34.9 Å². The number of aryl methyl sites for hydroxylation is 1. The van der Waals surface area contributed by atoms with Crippen LogP contribution in [0.1, 0.15) is 5.56 Å². The minimum atomic E-state index is 0.755. The topological polar surface area (TPSA) is 0 Å². The first-order chi connectivity index (χ1) is 4.79. The molecule has 0 heterocycles. The van der Waals surface area contributed by atoms with Crippen molar-refractivity contribution in [3.8, 4) is 0 Å². The molecule has 0 atom stereocenters. The van der Waals surface area contributed by atoms with Crippen LogP contribution >= 0.6 is 25.2 Å². The van der Waals surface area contributed by atoms with Gasteiger partial charge in [0.1, 0.15) is 0 Å². The van der Waals surface area contributed by atoms with E-state index in [1.54, 1.807) is 6.07 Å². The zero-order valence-electron chi connectivity index (χ0n) is 5.70. The van der Waals surface area contributed by atoms with Crippen molar-refractivity contribution in [3.63, 3.8) is 0 Å². The van der Waals surface area contributed by atoms with E-state index in [1.165, 1.54) is 16.3 Å². The second kappa shape index (κ2) is 6.33. The Bertz CT molecular complexity index is 173. The van der Waals surface area contributed by atoms with Gasteiger partial charge in [-0.1, -0.05) is 11.9 Å². The molecule has 0 bridgehead atoms. The van der Waals surface area contributed by atoms with E-state index in [0.29, 0.717) is 0 Å². The van der Waals surface area contributed by atoms with Gasteiger partial charge in [0.15, 0.2) is 0 Å². The van der Waals surface area contributed by atoms with E-state index in [1.807, 2.05) is 19.1 Å². The monoisotopic (exact) mass is 268 g/mol. The first kappa shape index (κ1) is 10.6. The van der Waals surface area contributed by atoms with Crippen LogP contribution in [-0.4, -0.2) is 0 Å². The summed E-state index contributed by atoms with van der Waals surface area (Å²) in [5.74, 6) is 0. The molecule has 0 aromatic heterocycles. The molecule has 0 saturated carbocycles. The van der Waals surface area contributed by atoms with E-state index >= 15 is 0 Å². The summed E-state index contributed by atoms with van der Waals surface area (Å²) in [6, 6.07) is 8.44. The quantitative estimate of drug-likeness (QED) is 0.501. The zero-order valence-corrected chi connectivity index (χ0v) is 11.0. The molecule has 0 fully saturated rings. The molecule has 1 aromatic carbocycles. The molecule has 1 rings (SSSR count). The predicted octanol–water partition coefficient (Wildman–Crippen LogP) is 3.29. The number of hydrogen-bond acceptors (Lipinski definition) is 0. The van der Waals surface area contributed by atoms with Crippen molar-refractivity contribution in [2.45, 2.75) is 6.92 Å². The average Bonchev–Trinajstić information content (AvgIpc) is 1.91. The summed E-state index contributed by atoms with van der Waals surface area (Å²) in [5, 5.41) is 0.755. The number of hydrogen-bond donors (Lipinski definition) is 0. The van der Waals surface area contributed by atoms with Crippen LogP contribution in [0.5, 0.6) is 0 Å². The molecule has 10 heavy (non-hydrogen) atoms. The fraction of sp³-hybridized carbons (Fsp3) is 0.143. The van der Waals surface area contributed by atoms with Gasteiger partial charge in [-0.05, 0) is 0 Å². The Labute approximate surface area is 83.0 Å². The fourth-order valence-electron chi connectivity index (χ4n) is 0.554. The van der Waals surface area contributed by atoms with Gasteiger partial charge in [-0.15, -0.1) is 0 Å². The number of halogens is 2. The van der Waals surface area contributed by atoms with Crippen LogP contribution < -0.4 is 0 Å². The summed E-state index contributed by atoms with van der Waals surface area (Å²) in [6.07, 6.45) is 0. The van der Waals surface area contributed by atoms with Gasteiger partial charge in [0.2, 0.25) is 0 Å². The van der Waals surface area contributed by atoms with Gasteiger partial charge < -0.3 is 0 Å². The average molecular weight is 271 g/mol. The molecule has 1 aromatic rings. The summed E-state index contributed by atoms with van der Waals surface area (Å²) in [7, 11) is 0. The van der Waals surface area contributed by atoms with E-state index in [-0.39, 0.29) is 0 Å². The van der Waals surface area contributed by atoms with Crippen LogP contribution in [-0.2, 0) is 16.3 Å². The van der Waals surface area contributed by atoms with Crippen LogP contribution in [0.15, 0.2) is 18.2 Å². The van der Waals surface area contributed by atoms with Crippen molar-refractivity contribution < 1.29 is 16.3 Å². The van der Waals surface area contributed by atoms with Gasteiger partial charge in [-0.3, -0.25) is 0 Å². The number of rotatable bonds is 0. The van der Waals surface area contributed by atoms with Gasteiger partial charge in [0, 0.05) is 0 Å². The van der Waals surface area contributed by atoms with Crippen molar-refractivity contribution in [1.29, 1.82) is 0 Å². The van der Waals surface area contributed by atoms with E-state index in [0.717, 1.165) is 10.6 Å². The van der Waals surface area contributed by atoms with Crippen LogP contribution in [0.2, 0.25) is 5.02 Å². The zero-order chi connectivity index (χ0) is 7.98. The first-order valence-electron chi connectivity index (χ1n) is 2.69. The van der Waals surface area contributed by atoms with Gasteiger partial charge in [0.25, 0.3) is 0 Å². The number of benzene rings is 1. The Morgan fingerprint density at radius 2 is 2.10 bits per heavy atom. The summed E-state index contributed by atoms with van der Waals surface area (Å²) in [5.41, 5.74) is 1.15. The maximum atomic E-state index is 5.61. The molecule has 0 nitrogen and oxygen atoms in total. The third-order valence-corrected chi connectivity index (χ3v) is 1.12. The first-order valence-corrected chi connectivity index (χ1v) is 10.0. The molecule has 0 aliphatic rings. The van der Waals surface area contributed by atoms with Gasteiger partial charge in [-0.2, -0.15) is 41.4 Å². The van der Waals surface area contributed by atoms with Crippen LogP contribution in [0.25, 0.3) is 0 Å². The third-order valence-electron chi connectivity index (χ3n) is 0.898. The van der Waals surface area contributed by atoms with Crippen LogP contribution in [0.3, 0.4) is 0 Å². The molecule has 0 amide bonds. The molecule has 3 heteroatoms. The molecule has 50 valence electrons. The Kier molecular flexibility index (Phi) is 6.72. The van der Waals surface area contributed by atoms with Crippen molar-refractivity contribution in [2.24, 2.45) is 0 Å². The Morgan fingerprint density at radius 3 is 2.40 bits per heavy atom. The van der Waals surface area contributed by atoms with E-state index in [4.69, 9.17) is 11.6 Å². The molecular formula is C7H6BrClZn. The van der Waals surface area contributed by atoms with Crippen molar-refractivity contribution >= 4 is 25.2 Å². The van der Waals surface area contributed by atoms with Crippen molar-refractivity contribution in [2.75, 3.05) is 0 Å². The minimum absolute atomic E-state index is 0.755. The molecule has 0 aliphatic heterocycles. The molecule has 0 radical (unpaired) electrons. The standard InChI is InChI=1S/C7H6Cl.BrH.Zn/c1-6-3-2-4-7(8)5-6;;/h3-5H,1H3;1H;/q-1;;+2/p-1. The van der Waals surface area contributed by atoms with E-state index in [9.17, 15) is 0 Å². The fourth-order valence-corrected chi connectivity index (χ4v) is 0.789. The third kappa shape index (κ3) is 4.43. The Balaban J connectivity index is 0.000000371. The Hall–Kier alpha value is 0.613. The SMILES string of the molecule is Cc1c[c-]cc(Cl)c1.[Zn+][Br]. The van der Waals surface area contributed by atoms with E-state index in [2.05, 4.69) is 19.7 Å². The molecule has 0 N–H and O–H groups in total. The van der Waals surface area contributed by atoms with Crippen LogP contribution in [0, 0.1) is 13.0 Å². The van der Waals surface area contributed by atoms with Crippen molar-refractivity contribution in [1.82, 2.24) is 0 Å². The Morgan fingerprint density at radius 1 is 1.50 bits per heavy atom. The molecule has 0 spiro atoms. The van der Waals surface area contributed by atoms with Crippen LogP contribution in [0.4, 0.5) is 0 Å². The molecule has 0 saturated heterocycles. The molecule has 0 unspecified atom stereocenters. The second-order valence-electron chi connectivity index (χ2n) is 1.73. The summed E-state index contributed by atoms with van der Waals surface area (Å²) in [6.45, 7) is 1.99. The molecule has 0 aliphatic carbocycles. The summed E-state index contributed by atoms with van der Waals surface area (Å²) >= 11 is 9.86. The summed E-state index contributed by atoms with van der Waals surface area (Å²) < 4.78 is 0. The van der Waals surface area contributed by atoms with Gasteiger partial charge in [0.05, 0.1) is 0 Å². The normalized spacial score (nSPS) is 8.10. The van der Waals surface area contributed by atoms with E-state index < -0.39 is 0 Å². The molecular weight excluding hydrogens is 265 g/mol.